The summed E-state index contributed by atoms with van der Waals surface area (Å²) in [6.45, 7) is 3.91. The molecule has 0 bridgehead atoms. The lowest BCUT2D eigenvalue weighted by Crippen LogP contribution is -2.52. The zero-order valence-corrected chi connectivity index (χ0v) is 23.1. The third-order valence-corrected chi connectivity index (χ3v) is 5.90. The number of hydrogen-bond donors (Lipinski definition) is 4. The van der Waals surface area contributed by atoms with Crippen LogP contribution in [0.4, 0.5) is 0 Å². The van der Waals surface area contributed by atoms with E-state index < -0.39 is 0 Å². The summed E-state index contributed by atoms with van der Waals surface area (Å²) in [6.07, 6.45) is 0.475. The topological polar surface area (TPSA) is 141 Å². The number of nitrogens with zero attached hydrogens (tertiary/aromatic N) is 1. The van der Waals surface area contributed by atoms with E-state index in [1.807, 2.05) is 6.92 Å². The Morgan fingerprint density at radius 1 is 0.590 bits per heavy atom. The first kappa shape index (κ1) is 31.7. The van der Waals surface area contributed by atoms with Crippen molar-refractivity contribution in [3.8, 4) is 28.7 Å². The number of aromatic hydroxyl groups is 4. The van der Waals surface area contributed by atoms with Crippen molar-refractivity contribution in [1.29, 1.82) is 0 Å². The number of rotatable bonds is 12. The second kappa shape index (κ2) is 15.2. The lowest BCUT2D eigenvalue weighted by molar-refractivity contribution is -0.991. The van der Waals surface area contributed by atoms with Crippen molar-refractivity contribution in [1.82, 2.24) is 0 Å². The molecule has 0 aliphatic heterocycles. The van der Waals surface area contributed by atoms with Crippen LogP contribution in [0.2, 0.25) is 0 Å². The summed E-state index contributed by atoms with van der Waals surface area (Å²) in [5, 5.41) is 51.5. The van der Waals surface area contributed by atoms with Gasteiger partial charge in [-0.25, -0.2) is 4.48 Å². The maximum atomic E-state index is 12.8. The molecule has 0 aliphatic carbocycles. The van der Waals surface area contributed by atoms with Gasteiger partial charge in [0.2, 0.25) is 0 Å². The van der Waals surface area contributed by atoms with Crippen LogP contribution in [0.25, 0.3) is 0 Å². The highest BCUT2D eigenvalue weighted by Crippen LogP contribution is 2.32. The number of methoxy groups -OCH3 is 4. The van der Waals surface area contributed by atoms with E-state index in [4.69, 9.17) is 18.9 Å². The van der Waals surface area contributed by atoms with Crippen LogP contribution >= 0.6 is 0 Å². The van der Waals surface area contributed by atoms with Gasteiger partial charge in [0, 0.05) is 53.4 Å². The fourth-order valence-corrected chi connectivity index (χ4v) is 4.32. The van der Waals surface area contributed by atoms with Crippen molar-refractivity contribution in [2.45, 2.75) is 19.8 Å². The molecule has 3 aromatic rings. The molecule has 0 saturated carbocycles. The zero-order chi connectivity index (χ0) is 29.0. The van der Waals surface area contributed by atoms with Gasteiger partial charge in [0.05, 0.1) is 0 Å². The lowest BCUT2D eigenvalue weighted by Gasteiger charge is -2.34. The van der Waals surface area contributed by atoms with Gasteiger partial charge >= 0.3 is 0 Å². The number of quaternary nitrogens is 1. The van der Waals surface area contributed by atoms with E-state index in [0.29, 0.717) is 53.7 Å². The maximum absolute atomic E-state index is 12.8. The van der Waals surface area contributed by atoms with E-state index in [1.165, 1.54) is 24.3 Å². The Labute approximate surface area is 229 Å². The molecule has 0 aromatic heterocycles. The second-order valence-corrected chi connectivity index (χ2v) is 9.40. The van der Waals surface area contributed by atoms with E-state index >= 15 is 0 Å². The van der Waals surface area contributed by atoms with Gasteiger partial charge in [-0.15, -0.1) is 5.75 Å². The van der Waals surface area contributed by atoms with Crippen LogP contribution < -0.4 is 5.11 Å². The van der Waals surface area contributed by atoms with Crippen LogP contribution in [0.15, 0.2) is 48.5 Å². The Morgan fingerprint density at radius 3 is 1.26 bits per heavy atom. The highest BCUT2D eigenvalue weighted by molar-refractivity contribution is 5.51. The maximum Gasteiger partial charge on any atom is 0.188 e. The highest BCUT2D eigenvalue weighted by Gasteiger charge is 2.27. The third-order valence-electron chi connectivity index (χ3n) is 5.90. The van der Waals surface area contributed by atoms with Gasteiger partial charge in [0.1, 0.15) is 23.0 Å². The lowest BCUT2D eigenvalue weighted by atomic mass is 9.95. The monoisotopic (exact) mass is 545 g/mol. The average molecular weight is 546 g/mol. The number of ether oxygens (including phenoxy) is 4. The highest BCUT2D eigenvalue weighted by atomic mass is 16.6. The molecule has 0 radical (unpaired) electrons. The molecule has 0 saturated heterocycles. The van der Waals surface area contributed by atoms with E-state index in [-0.39, 0.29) is 41.6 Å². The second-order valence-electron chi connectivity index (χ2n) is 9.40. The molecule has 0 fully saturated rings. The van der Waals surface area contributed by atoms with Crippen LogP contribution in [0.1, 0.15) is 27.8 Å². The molecule has 0 aliphatic rings. The molecular weight excluding hydrogens is 506 g/mol. The Balaban J connectivity index is 0.000000349. The molecule has 0 heterocycles. The average Bonchev–Trinajstić information content (AvgIpc) is 2.86. The molecule has 0 amide bonds. The number of aryl methyl sites for hydroxylation is 1. The van der Waals surface area contributed by atoms with Crippen molar-refractivity contribution in [2.24, 2.45) is 0 Å². The van der Waals surface area contributed by atoms with E-state index in [0.717, 1.165) is 5.56 Å². The van der Waals surface area contributed by atoms with Gasteiger partial charge in [-0.05, 0) is 30.2 Å². The number of phenolic OH excluding ortho intramolecular Hbond substituents is 4. The first-order valence-corrected chi connectivity index (χ1v) is 12.2. The van der Waals surface area contributed by atoms with Gasteiger partial charge in [0.25, 0.3) is 0 Å². The molecule has 3 rings (SSSR count). The van der Waals surface area contributed by atoms with E-state index in [1.54, 1.807) is 52.7 Å². The Hall–Kier alpha value is -3.54. The SMILES string of the molecule is COC[N+](COC)(COC)COC.Cc1cc(Cc2ccc(O)cc2O)c([O-])c(Cc2ccc(O)cc2O)c1. The minimum Gasteiger partial charge on any atom is -0.872 e. The molecule has 0 atom stereocenters. The van der Waals surface area contributed by atoms with Crippen LogP contribution in [0, 0.1) is 6.92 Å². The molecule has 10 heteroatoms. The van der Waals surface area contributed by atoms with Gasteiger partial charge in [0.15, 0.2) is 26.9 Å². The van der Waals surface area contributed by atoms with E-state index in [9.17, 15) is 25.5 Å². The van der Waals surface area contributed by atoms with Crippen LogP contribution in [0.3, 0.4) is 0 Å². The molecule has 3 aromatic carbocycles. The summed E-state index contributed by atoms with van der Waals surface area (Å²) in [7, 11) is 6.59. The zero-order valence-electron chi connectivity index (χ0n) is 23.1. The molecular formula is C29H39NO9. The minimum absolute atomic E-state index is 0.0404. The normalized spacial score (nSPS) is 11.2. The predicted molar refractivity (Wildman–Crippen MR) is 144 cm³/mol. The van der Waals surface area contributed by atoms with Gasteiger partial charge in [-0.2, -0.15) is 0 Å². The first-order valence-electron chi connectivity index (χ1n) is 12.2. The molecule has 10 nitrogen and oxygen atoms in total. The molecule has 0 spiro atoms. The van der Waals surface area contributed by atoms with Crippen LogP contribution in [-0.2, 0) is 31.8 Å². The van der Waals surface area contributed by atoms with Gasteiger partial charge < -0.3 is 44.5 Å². The van der Waals surface area contributed by atoms with Crippen molar-refractivity contribution in [3.63, 3.8) is 0 Å². The standard InChI is InChI=1S/C21H20O5.C8H20NO4/c1-12-6-15(8-13-2-4-17(22)10-19(13)24)21(26)16(7-12)9-14-3-5-18(23)11-20(14)25;1-10-5-9(6-11-2,7-12-3)8-13-4/h2-7,10-11,22-26H,8-9H2,1H3;5-8H2,1-4H3/q;+1/p-1. The largest absolute Gasteiger partial charge is 0.872 e. The van der Waals surface area contributed by atoms with Crippen molar-refractivity contribution < 1.29 is 49.0 Å². The minimum atomic E-state index is -0.157. The number of benzene rings is 3. The van der Waals surface area contributed by atoms with Gasteiger partial charge in [-0.3, -0.25) is 0 Å². The smallest absolute Gasteiger partial charge is 0.188 e. The van der Waals surface area contributed by atoms with Crippen molar-refractivity contribution in [3.05, 3.63) is 76.3 Å². The van der Waals surface area contributed by atoms with Crippen molar-refractivity contribution in [2.75, 3.05) is 55.4 Å². The Bertz CT molecular complexity index is 1100. The third kappa shape index (κ3) is 9.31. The summed E-state index contributed by atoms with van der Waals surface area (Å²) in [5.41, 5.74) is 3.04. The quantitative estimate of drug-likeness (QED) is 0.199. The Kier molecular flexibility index (Phi) is 12.3. The fourth-order valence-electron chi connectivity index (χ4n) is 4.32. The summed E-state index contributed by atoms with van der Waals surface area (Å²) in [5.74, 6) is -0.370. The molecule has 214 valence electrons. The molecule has 39 heavy (non-hydrogen) atoms. The van der Waals surface area contributed by atoms with E-state index in [2.05, 4.69) is 0 Å². The Morgan fingerprint density at radius 2 is 0.949 bits per heavy atom. The summed E-state index contributed by atoms with van der Waals surface area (Å²) in [4.78, 5) is 0. The summed E-state index contributed by atoms with van der Waals surface area (Å²) in [6, 6.07) is 12.1. The number of hydrogen-bond acceptors (Lipinski definition) is 9. The van der Waals surface area contributed by atoms with Crippen LogP contribution in [0.5, 0.6) is 28.7 Å². The predicted octanol–water partition coefficient (Wildman–Crippen LogP) is 3.29. The van der Waals surface area contributed by atoms with Crippen LogP contribution in [-0.4, -0.2) is 80.3 Å². The number of phenols is 4. The fraction of sp³-hybridized carbons (Fsp3) is 0.379. The molecule has 0 unspecified atom stereocenters. The first-order chi connectivity index (χ1) is 18.6. The van der Waals surface area contributed by atoms with Crippen molar-refractivity contribution >= 4 is 0 Å². The summed E-state index contributed by atoms with van der Waals surface area (Å²) < 4.78 is 20.9. The van der Waals surface area contributed by atoms with Gasteiger partial charge in [-0.1, -0.05) is 41.0 Å². The summed E-state index contributed by atoms with van der Waals surface area (Å²) >= 11 is 0. The molecule has 4 N–H and O–H groups in total.